The molecule has 0 bridgehead atoms. The maximum absolute atomic E-state index is 5.07. The van der Waals surface area contributed by atoms with E-state index in [9.17, 15) is 0 Å². The van der Waals surface area contributed by atoms with Crippen LogP contribution in [0.15, 0.2) is 461 Å². The molecule has 0 saturated carbocycles. The van der Waals surface area contributed by atoms with Crippen LogP contribution in [0.2, 0.25) is 0 Å². The van der Waals surface area contributed by atoms with E-state index in [-0.39, 0.29) is 0 Å². The summed E-state index contributed by atoms with van der Waals surface area (Å²) in [5.74, 6) is 1.40. The number of benzene rings is 18. The molecule has 0 aliphatic rings. The lowest BCUT2D eigenvalue weighted by Crippen LogP contribution is -1.96. The standard InChI is InChI=1S/2C58H38N4/c1-4-16-40(17-5-1)51-38-52(41-18-6-2-7-19-41)60-58(59-51)42-32-30-39(31-33-42)43-34-35-49-48-24-10-12-27-53(48)62(56(49)37-43)46-23-14-20-44(36-46)47-26-15-29-55-57(47)50-25-11-13-28-54(50)61(55)45-21-8-3-9-22-45;1-4-14-41(15-5-1)52-38-53(42-16-6-2-7-17-42)60-58(59-52)43-26-24-39(25-27-43)45-30-34-50-48-20-10-12-22-54(48)62(57(50)37-45)47-32-28-40(29-33-47)44-31-35-56-51(36-44)49-21-11-13-23-55(49)61(56)46-18-8-3-9-19-46/h2*1-38H. The molecule has 8 nitrogen and oxygen atoms in total. The first-order chi connectivity index (χ1) is 61.5. The van der Waals surface area contributed by atoms with Crippen LogP contribution >= 0.6 is 0 Å². The van der Waals surface area contributed by atoms with Gasteiger partial charge in [0.05, 0.1) is 66.9 Å². The largest absolute Gasteiger partial charge is 0.309 e. The van der Waals surface area contributed by atoms with Gasteiger partial charge in [-0.2, -0.15) is 0 Å². The maximum Gasteiger partial charge on any atom is 0.160 e. The van der Waals surface area contributed by atoms with E-state index in [2.05, 4.69) is 431 Å². The molecule has 0 saturated heterocycles. The van der Waals surface area contributed by atoms with Crippen molar-refractivity contribution in [3.8, 4) is 135 Å². The summed E-state index contributed by atoms with van der Waals surface area (Å²) < 4.78 is 9.57. The first-order valence-electron chi connectivity index (χ1n) is 42.1. The van der Waals surface area contributed by atoms with Crippen molar-refractivity contribution in [2.75, 3.05) is 0 Å². The Labute approximate surface area is 716 Å². The van der Waals surface area contributed by atoms with Crippen LogP contribution in [0.5, 0.6) is 0 Å². The van der Waals surface area contributed by atoms with Crippen molar-refractivity contribution in [1.29, 1.82) is 0 Å². The van der Waals surface area contributed by atoms with Gasteiger partial charge in [0, 0.05) is 99.2 Å². The SMILES string of the molecule is c1ccc(-c2cc(-c3ccccc3)nc(-c3ccc(-c4ccc5c6ccccc6n(-c6ccc(-c7ccc8c(c7)c7ccccc7n8-c7ccccc7)cc6)c5c4)cc3)n2)cc1.c1ccc(-c2cc(-c3ccccc3)nc(-c3ccc(-c4ccc5c6ccccc6n(-c6cccc(-c7cccc8c7c7ccccc7n8-c7ccccc7)c6)c5c4)cc3)n2)cc1. The lowest BCUT2D eigenvalue weighted by Gasteiger charge is -2.13. The van der Waals surface area contributed by atoms with E-state index >= 15 is 0 Å². The molecular formula is C116H76N8. The fourth-order valence-electron chi connectivity index (χ4n) is 18.4. The van der Waals surface area contributed by atoms with Gasteiger partial charge in [0.25, 0.3) is 0 Å². The second-order valence-corrected chi connectivity index (χ2v) is 31.6. The van der Waals surface area contributed by atoms with E-state index in [1.807, 2.05) is 48.5 Å². The molecule has 0 radical (unpaired) electrons. The Balaban J connectivity index is 0.000000143. The monoisotopic (exact) mass is 1580 g/mol. The summed E-state index contributed by atoms with van der Waals surface area (Å²) in [5.41, 5.74) is 33.2. The molecule has 124 heavy (non-hydrogen) atoms. The van der Waals surface area contributed by atoms with Crippen molar-refractivity contribution in [3.63, 3.8) is 0 Å². The number of nitrogens with zero attached hydrogens (tertiary/aromatic N) is 8. The second kappa shape index (κ2) is 30.9. The molecule has 0 N–H and O–H groups in total. The smallest absolute Gasteiger partial charge is 0.160 e. The normalized spacial score (nSPS) is 11.5. The van der Waals surface area contributed by atoms with E-state index in [1.165, 1.54) is 110 Å². The molecule has 24 aromatic rings. The molecule has 580 valence electrons. The summed E-state index contributed by atoms with van der Waals surface area (Å²) >= 11 is 0. The fraction of sp³-hybridized carbons (Fsp3) is 0. The molecular weight excluding hydrogens is 1510 g/mol. The summed E-state index contributed by atoms with van der Waals surface area (Å²) in [6, 6.07) is 164. The molecule has 0 fully saturated rings. The number of aromatic nitrogens is 8. The highest BCUT2D eigenvalue weighted by atomic mass is 15.0. The summed E-state index contributed by atoms with van der Waals surface area (Å²) in [7, 11) is 0. The van der Waals surface area contributed by atoms with Crippen molar-refractivity contribution in [3.05, 3.63) is 461 Å². The van der Waals surface area contributed by atoms with Gasteiger partial charge < -0.3 is 18.3 Å². The highest BCUT2D eigenvalue weighted by Gasteiger charge is 2.22. The molecule has 6 heterocycles. The van der Waals surface area contributed by atoms with Gasteiger partial charge in [-0.05, 0) is 160 Å². The number of para-hydroxylation sites is 6. The van der Waals surface area contributed by atoms with Crippen molar-refractivity contribution >= 4 is 87.2 Å². The Hall–Kier alpha value is -16.7. The third-order valence-corrected chi connectivity index (χ3v) is 24.3. The predicted octanol–water partition coefficient (Wildman–Crippen LogP) is 30.0. The average molecular weight is 1580 g/mol. The number of hydrogen-bond acceptors (Lipinski definition) is 4. The van der Waals surface area contributed by atoms with E-state index in [0.717, 1.165) is 101 Å². The minimum atomic E-state index is 0.701. The number of hydrogen-bond donors (Lipinski definition) is 0. The van der Waals surface area contributed by atoms with Gasteiger partial charge in [0.2, 0.25) is 0 Å². The molecule has 0 aliphatic carbocycles. The van der Waals surface area contributed by atoms with E-state index in [0.29, 0.717) is 11.6 Å². The molecule has 0 unspecified atom stereocenters. The zero-order chi connectivity index (χ0) is 82.0. The van der Waals surface area contributed by atoms with Crippen LogP contribution in [-0.2, 0) is 0 Å². The van der Waals surface area contributed by atoms with Gasteiger partial charge in [-0.3, -0.25) is 0 Å². The Bertz CT molecular complexity index is 8040. The van der Waals surface area contributed by atoms with Crippen molar-refractivity contribution in [2.45, 2.75) is 0 Å². The predicted molar refractivity (Wildman–Crippen MR) is 516 cm³/mol. The molecule has 24 rings (SSSR count). The molecule has 0 aliphatic heterocycles. The topological polar surface area (TPSA) is 71.3 Å². The zero-order valence-electron chi connectivity index (χ0n) is 67.5. The van der Waals surface area contributed by atoms with Crippen LogP contribution in [0.4, 0.5) is 0 Å². The van der Waals surface area contributed by atoms with Crippen molar-refractivity contribution in [2.24, 2.45) is 0 Å². The van der Waals surface area contributed by atoms with Gasteiger partial charge in [-0.1, -0.05) is 346 Å². The van der Waals surface area contributed by atoms with E-state index < -0.39 is 0 Å². The maximum atomic E-state index is 5.07. The first-order valence-corrected chi connectivity index (χ1v) is 42.1. The third-order valence-electron chi connectivity index (χ3n) is 24.3. The second-order valence-electron chi connectivity index (χ2n) is 31.6. The Morgan fingerprint density at radius 2 is 0.419 bits per heavy atom. The van der Waals surface area contributed by atoms with Crippen LogP contribution in [0, 0.1) is 0 Å². The lowest BCUT2D eigenvalue weighted by atomic mass is 9.99. The molecule has 0 spiro atoms. The summed E-state index contributed by atoms with van der Waals surface area (Å²) in [6.07, 6.45) is 0. The molecule has 0 atom stereocenters. The van der Waals surface area contributed by atoms with Gasteiger partial charge in [-0.15, -0.1) is 0 Å². The van der Waals surface area contributed by atoms with Gasteiger partial charge in [0.15, 0.2) is 11.6 Å². The van der Waals surface area contributed by atoms with Crippen LogP contribution in [0.25, 0.3) is 222 Å². The average Bonchev–Trinajstić information content (AvgIpc) is 1.59. The summed E-state index contributed by atoms with van der Waals surface area (Å²) in [5, 5.41) is 9.91. The minimum absolute atomic E-state index is 0.701. The van der Waals surface area contributed by atoms with Gasteiger partial charge >= 0.3 is 0 Å². The van der Waals surface area contributed by atoms with Crippen molar-refractivity contribution < 1.29 is 0 Å². The lowest BCUT2D eigenvalue weighted by molar-refractivity contribution is 1.18. The zero-order valence-corrected chi connectivity index (χ0v) is 67.5. The molecule has 8 heteroatoms. The van der Waals surface area contributed by atoms with Gasteiger partial charge in [-0.25, -0.2) is 19.9 Å². The van der Waals surface area contributed by atoms with E-state index in [4.69, 9.17) is 19.9 Å². The molecule has 18 aromatic carbocycles. The van der Waals surface area contributed by atoms with Crippen molar-refractivity contribution in [1.82, 2.24) is 38.2 Å². The summed E-state index contributed by atoms with van der Waals surface area (Å²) in [4.78, 5) is 20.3. The van der Waals surface area contributed by atoms with Crippen LogP contribution < -0.4 is 0 Å². The van der Waals surface area contributed by atoms with Crippen LogP contribution in [-0.4, -0.2) is 38.2 Å². The minimum Gasteiger partial charge on any atom is -0.309 e. The van der Waals surface area contributed by atoms with Crippen LogP contribution in [0.3, 0.4) is 0 Å². The molecule has 6 aromatic heterocycles. The Kier molecular flexibility index (Phi) is 18.1. The van der Waals surface area contributed by atoms with E-state index in [1.54, 1.807) is 0 Å². The van der Waals surface area contributed by atoms with Crippen LogP contribution in [0.1, 0.15) is 0 Å². The highest BCUT2D eigenvalue weighted by Crippen LogP contribution is 2.44. The Morgan fingerprint density at radius 1 is 0.137 bits per heavy atom. The fourth-order valence-corrected chi connectivity index (χ4v) is 18.4. The Morgan fingerprint density at radius 3 is 0.871 bits per heavy atom. The number of rotatable bonds is 14. The quantitative estimate of drug-likeness (QED) is 0.109. The molecule has 0 amide bonds. The highest BCUT2D eigenvalue weighted by molar-refractivity contribution is 6.17. The van der Waals surface area contributed by atoms with Gasteiger partial charge in [0.1, 0.15) is 0 Å². The summed E-state index contributed by atoms with van der Waals surface area (Å²) in [6.45, 7) is 0. The first kappa shape index (κ1) is 72.5. The number of fused-ring (bicyclic) bond motifs is 12. The third kappa shape index (κ3) is 13.1.